The van der Waals surface area contributed by atoms with Crippen LogP contribution in [0, 0.1) is 0 Å². The molecule has 0 atom stereocenters. The van der Waals surface area contributed by atoms with Crippen LogP contribution >= 0.6 is 24.0 Å². The largest absolute Gasteiger partial charge is 0.356 e. The number of likely N-dealkylation sites (tertiary alicyclic amines) is 1. The van der Waals surface area contributed by atoms with E-state index >= 15 is 0 Å². The van der Waals surface area contributed by atoms with E-state index < -0.39 is 0 Å². The lowest BCUT2D eigenvalue weighted by molar-refractivity contribution is 0.299. The Labute approximate surface area is 185 Å². The van der Waals surface area contributed by atoms with E-state index in [9.17, 15) is 0 Å². The summed E-state index contributed by atoms with van der Waals surface area (Å²) >= 11 is 0. The molecule has 3 rings (SSSR count). The van der Waals surface area contributed by atoms with Gasteiger partial charge >= 0.3 is 0 Å². The molecule has 0 spiro atoms. The second-order valence-corrected chi connectivity index (χ2v) is 7.61. The van der Waals surface area contributed by atoms with Crippen LogP contribution in [0.25, 0.3) is 0 Å². The molecule has 154 valence electrons. The topological polar surface area (TPSA) is 69.2 Å². The Balaban J connectivity index is 0.00000280. The third-order valence-corrected chi connectivity index (χ3v) is 5.40. The number of piperidine rings is 1. The fourth-order valence-corrected chi connectivity index (χ4v) is 3.67. The molecule has 2 heterocycles. The number of guanidine groups is 1. The van der Waals surface area contributed by atoms with Crippen molar-refractivity contribution in [3.8, 4) is 0 Å². The fourth-order valence-electron chi connectivity index (χ4n) is 3.67. The lowest BCUT2D eigenvalue weighted by Gasteiger charge is -2.33. The fraction of sp³-hybridized carbons (Fsp3) is 0.571. The highest BCUT2D eigenvalue weighted by atomic mass is 127. The molecule has 0 aliphatic carbocycles. The van der Waals surface area contributed by atoms with Gasteiger partial charge in [0.1, 0.15) is 12.2 Å². The summed E-state index contributed by atoms with van der Waals surface area (Å²) in [6.07, 6.45) is 5.96. The third kappa shape index (κ3) is 6.18. The van der Waals surface area contributed by atoms with Gasteiger partial charge in [-0.05, 0) is 42.7 Å². The first-order valence-electron chi connectivity index (χ1n) is 10.1. The lowest BCUT2D eigenvalue weighted by Crippen LogP contribution is -2.45. The van der Waals surface area contributed by atoms with E-state index in [0.29, 0.717) is 11.8 Å². The van der Waals surface area contributed by atoms with Crippen LogP contribution in [0.1, 0.15) is 61.9 Å². The highest BCUT2D eigenvalue weighted by molar-refractivity contribution is 14.0. The minimum atomic E-state index is 0. The zero-order valence-corrected chi connectivity index (χ0v) is 19.5. The van der Waals surface area contributed by atoms with Gasteiger partial charge in [0.15, 0.2) is 5.96 Å². The second-order valence-electron chi connectivity index (χ2n) is 7.61. The van der Waals surface area contributed by atoms with Crippen LogP contribution in [0.15, 0.2) is 35.6 Å². The summed E-state index contributed by atoms with van der Waals surface area (Å²) in [4.78, 5) is 11.1. The number of nitrogens with one attached hydrogen (secondary N) is 2. The van der Waals surface area contributed by atoms with E-state index in [-0.39, 0.29) is 24.0 Å². The summed E-state index contributed by atoms with van der Waals surface area (Å²) in [6.45, 7) is 7.42. The molecule has 28 heavy (non-hydrogen) atoms. The summed E-state index contributed by atoms with van der Waals surface area (Å²) in [7, 11) is 1.87. The molecule has 1 aliphatic heterocycles. The molecule has 1 aliphatic rings. The molecule has 0 unspecified atom stereocenters. The number of H-pyrrole nitrogens is 1. The molecule has 7 heteroatoms. The van der Waals surface area contributed by atoms with Crippen molar-refractivity contribution in [3.63, 3.8) is 0 Å². The minimum Gasteiger partial charge on any atom is -0.356 e. The van der Waals surface area contributed by atoms with Crippen molar-refractivity contribution in [1.29, 1.82) is 0 Å². The molecule has 6 nitrogen and oxygen atoms in total. The van der Waals surface area contributed by atoms with Gasteiger partial charge in [-0.15, -0.1) is 24.0 Å². The number of benzene rings is 1. The van der Waals surface area contributed by atoms with Gasteiger partial charge in [-0.2, -0.15) is 5.10 Å². The maximum atomic E-state index is 4.47. The number of aryl methyl sites for hydroxylation is 1. The molecule has 2 N–H and O–H groups in total. The smallest absolute Gasteiger partial charge is 0.193 e. The number of nitrogens with zero attached hydrogens (tertiary/aromatic N) is 4. The summed E-state index contributed by atoms with van der Waals surface area (Å²) in [5, 5.41) is 10.5. The summed E-state index contributed by atoms with van der Waals surface area (Å²) in [5.41, 5.74) is 2.81. The number of aromatic nitrogens is 3. The maximum absolute atomic E-state index is 4.47. The van der Waals surface area contributed by atoms with E-state index in [1.165, 1.54) is 11.1 Å². The molecule has 0 amide bonds. The van der Waals surface area contributed by atoms with E-state index in [4.69, 9.17) is 0 Å². The highest BCUT2D eigenvalue weighted by Gasteiger charge is 2.24. The van der Waals surface area contributed by atoms with Crippen molar-refractivity contribution < 1.29 is 0 Å². The lowest BCUT2D eigenvalue weighted by atomic mass is 9.96. The first-order valence-corrected chi connectivity index (χ1v) is 10.1. The molecule has 0 saturated carbocycles. The monoisotopic (exact) mass is 496 g/mol. The quantitative estimate of drug-likeness (QED) is 0.275. The Morgan fingerprint density at radius 2 is 1.96 bits per heavy atom. The molecule has 1 aromatic carbocycles. The second kappa shape index (κ2) is 11.4. The Kier molecular flexibility index (Phi) is 9.21. The van der Waals surface area contributed by atoms with Gasteiger partial charge in [0, 0.05) is 32.6 Å². The number of rotatable bonds is 6. The number of aliphatic imine (C=N–C) groups is 1. The SMILES string of the molecule is CN=C(NCCCc1ccc(C(C)C)cc1)N1CCC(c2ncn[nH]2)CC1.I. The molecular weight excluding hydrogens is 463 g/mol. The average Bonchev–Trinajstić information content (AvgIpc) is 3.23. The number of halogens is 1. The van der Waals surface area contributed by atoms with E-state index in [1.807, 2.05) is 7.05 Å². The van der Waals surface area contributed by atoms with E-state index in [1.54, 1.807) is 6.33 Å². The van der Waals surface area contributed by atoms with Crippen LogP contribution in [0.3, 0.4) is 0 Å². The number of aromatic amines is 1. The van der Waals surface area contributed by atoms with Crippen LogP contribution in [0.5, 0.6) is 0 Å². The van der Waals surface area contributed by atoms with Crippen LogP contribution in [0.2, 0.25) is 0 Å². The zero-order valence-electron chi connectivity index (χ0n) is 17.2. The summed E-state index contributed by atoms with van der Waals surface area (Å²) in [5.74, 6) is 3.11. The Bertz CT molecular complexity index is 703. The first kappa shape index (κ1) is 22.6. The molecule has 1 aromatic heterocycles. The Morgan fingerprint density at radius 1 is 1.25 bits per heavy atom. The first-order chi connectivity index (χ1) is 13.2. The van der Waals surface area contributed by atoms with Crippen LogP contribution in [-0.2, 0) is 6.42 Å². The van der Waals surface area contributed by atoms with Gasteiger partial charge in [-0.3, -0.25) is 10.1 Å². The van der Waals surface area contributed by atoms with E-state index in [0.717, 1.165) is 57.1 Å². The molecule has 1 fully saturated rings. The van der Waals surface area contributed by atoms with Crippen LogP contribution in [-0.4, -0.2) is 52.7 Å². The predicted octanol–water partition coefficient (Wildman–Crippen LogP) is 3.93. The summed E-state index contributed by atoms with van der Waals surface area (Å²) in [6, 6.07) is 9.03. The highest BCUT2D eigenvalue weighted by Crippen LogP contribution is 2.24. The number of hydrogen-bond acceptors (Lipinski definition) is 3. The normalized spacial score (nSPS) is 15.6. The maximum Gasteiger partial charge on any atom is 0.193 e. The summed E-state index contributed by atoms with van der Waals surface area (Å²) < 4.78 is 0. The van der Waals surface area contributed by atoms with Crippen molar-refractivity contribution in [2.24, 2.45) is 4.99 Å². The number of hydrogen-bond donors (Lipinski definition) is 2. The van der Waals surface area contributed by atoms with Crippen molar-refractivity contribution in [2.45, 2.75) is 51.4 Å². The molecule has 0 bridgehead atoms. The van der Waals surface area contributed by atoms with Gasteiger partial charge in [0.05, 0.1) is 0 Å². The Morgan fingerprint density at radius 3 is 2.54 bits per heavy atom. The zero-order chi connectivity index (χ0) is 19.1. The van der Waals surface area contributed by atoms with Crippen LogP contribution < -0.4 is 5.32 Å². The average molecular weight is 496 g/mol. The van der Waals surface area contributed by atoms with Crippen molar-refractivity contribution in [2.75, 3.05) is 26.7 Å². The molecular formula is C21H33IN6. The van der Waals surface area contributed by atoms with Crippen molar-refractivity contribution in [1.82, 2.24) is 25.4 Å². The van der Waals surface area contributed by atoms with Gasteiger partial charge in [-0.25, -0.2) is 4.98 Å². The van der Waals surface area contributed by atoms with Crippen LogP contribution in [0.4, 0.5) is 0 Å². The van der Waals surface area contributed by atoms with Gasteiger partial charge in [-0.1, -0.05) is 38.1 Å². The van der Waals surface area contributed by atoms with Gasteiger partial charge < -0.3 is 10.2 Å². The molecule has 0 radical (unpaired) electrons. The standard InChI is InChI=1S/C21H32N6.HI/c1-16(2)18-8-6-17(7-9-18)5-4-12-23-21(22-3)27-13-10-19(11-14-27)20-24-15-25-26-20;/h6-9,15-16,19H,4-5,10-14H2,1-3H3,(H,22,23)(H,24,25,26);1H. The van der Waals surface area contributed by atoms with E-state index in [2.05, 4.69) is 68.5 Å². The van der Waals surface area contributed by atoms with Crippen molar-refractivity contribution >= 4 is 29.9 Å². The molecule has 1 saturated heterocycles. The van der Waals surface area contributed by atoms with Crippen molar-refractivity contribution in [3.05, 3.63) is 47.5 Å². The minimum absolute atomic E-state index is 0. The van der Waals surface area contributed by atoms with Gasteiger partial charge in [0.2, 0.25) is 0 Å². The predicted molar refractivity (Wildman–Crippen MR) is 126 cm³/mol. The van der Waals surface area contributed by atoms with Gasteiger partial charge in [0.25, 0.3) is 0 Å². The molecule has 2 aromatic rings. The Hall–Kier alpha value is -1.64. The third-order valence-electron chi connectivity index (χ3n) is 5.40.